The number of rotatable bonds is 12. The van der Waals surface area contributed by atoms with Gasteiger partial charge in [0.15, 0.2) is 43.5 Å². The van der Waals surface area contributed by atoms with Crippen LogP contribution in [0.4, 0.5) is 0 Å². The molecule has 0 aromatic carbocycles. The molecule has 22 atom stereocenters. The van der Waals surface area contributed by atoms with Crippen LogP contribution in [0.15, 0.2) is 0 Å². The Kier molecular flexibility index (Phi) is 23.4. The molecule has 0 spiro atoms. The largest absolute Gasteiger partial charge is 0.457 e. The van der Waals surface area contributed by atoms with Crippen molar-refractivity contribution < 1.29 is 102 Å². The van der Waals surface area contributed by atoms with E-state index in [1.165, 1.54) is 13.8 Å². The van der Waals surface area contributed by atoms with Crippen molar-refractivity contribution >= 4 is 17.9 Å². The van der Waals surface area contributed by atoms with Crippen LogP contribution in [0.25, 0.3) is 0 Å². The zero-order valence-corrected chi connectivity index (χ0v) is 42.2. The summed E-state index contributed by atoms with van der Waals surface area (Å²) in [7, 11) is 0. The van der Waals surface area contributed by atoms with Gasteiger partial charge in [-0.2, -0.15) is 0 Å². The summed E-state index contributed by atoms with van der Waals surface area (Å²) in [4.78, 5) is 40.3. The number of ether oxygens (including phenoxy) is 11. The molecule has 7 N–H and O–H groups in total. The van der Waals surface area contributed by atoms with Gasteiger partial charge in [-0.3, -0.25) is 14.4 Å². The minimum Gasteiger partial charge on any atom is -0.457 e. The van der Waals surface area contributed by atoms with Crippen LogP contribution in [-0.4, -0.2) is 189 Å². The number of carbonyl (C=O) groups excluding carboxylic acids is 3. The lowest BCUT2D eigenvalue weighted by Gasteiger charge is -2.50. The Balaban J connectivity index is 1.55. The number of unbranched alkanes of at least 4 members (excludes halogenated alkanes) is 2. The Labute approximate surface area is 412 Å². The molecule has 0 amide bonds. The minimum atomic E-state index is -1.92. The predicted octanol–water partition coefficient (Wildman–Crippen LogP) is 2.19. The molecule has 5 aliphatic rings. The van der Waals surface area contributed by atoms with Crippen molar-refractivity contribution in [1.82, 2.24) is 0 Å². The molecule has 406 valence electrons. The van der Waals surface area contributed by atoms with Crippen LogP contribution in [0.2, 0.25) is 0 Å². The first-order chi connectivity index (χ1) is 33.3. The van der Waals surface area contributed by atoms with Crippen molar-refractivity contribution in [3.63, 3.8) is 0 Å². The summed E-state index contributed by atoms with van der Waals surface area (Å²) < 4.78 is 68.2. The maximum absolute atomic E-state index is 13.9. The molecule has 5 aliphatic heterocycles. The number of aliphatic hydroxyl groups is 7. The number of carbonyl (C=O) groups is 3. The van der Waals surface area contributed by atoms with Crippen molar-refractivity contribution in [3.8, 4) is 0 Å². The number of esters is 3. The lowest BCUT2D eigenvalue weighted by atomic mass is 9.95. The van der Waals surface area contributed by atoms with E-state index in [-0.39, 0.29) is 12.5 Å². The molecule has 5 rings (SSSR count). The second-order valence-corrected chi connectivity index (χ2v) is 20.1. The molecule has 70 heavy (non-hydrogen) atoms. The lowest BCUT2D eigenvalue weighted by molar-refractivity contribution is -0.399. The number of aliphatic hydroxyl groups excluding tert-OH is 7. The summed E-state index contributed by atoms with van der Waals surface area (Å²) >= 11 is 0. The summed E-state index contributed by atoms with van der Waals surface area (Å²) in [5, 5.41) is 78.8. The summed E-state index contributed by atoms with van der Waals surface area (Å²) in [6, 6.07) is 0. The van der Waals surface area contributed by atoms with Crippen LogP contribution < -0.4 is 0 Å². The van der Waals surface area contributed by atoms with E-state index in [0.717, 1.165) is 51.4 Å². The molecule has 0 unspecified atom stereocenters. The highest BCUT2D eigenvalue weighted by Gasteiger charge is 2.58. The van der Waals surface area contributed by atoms with Crippen LogP contribution in [0.5, 0.6) is 0 Å². The van der Waals surface area contributed by atoms with Gasteiger partial charge >= 0.3 is 17.9 Å². The van der Waals surface area contributed by atoms with Crippen molar-refractivity contribution in [2.45, 2.75) is 274 Å². The van der Waals surface area contributed by atoms with Gasteiger partial charge in [-0.05, 0) is 46.5 Å². The lowest BCUT2D eigenvalue weighted by Crippen LogP contribution is -2.68. The SMILES string of the molecule is CCCCC[C@H]1CCCCCCCCCC(=O)O[C@@H]2[C@@H](O[C@@H]3O[C@H](C)[C@@H](OC(=O)C(C)C)[C@H](O)[C@H]3O)[C@H](C)O[C@@H](O[C@H]3[C@H](O[C@H]4[C@H](O1)O[C@H](C)[C@@H](O)[C@@H]4O)O[C@H](CO)[C@@H](O)[C@@H]3O)[C@@H]2OC(=O)[C@H](C)CC. The highest BCUT2D eigenvalue weighted by atomic mass is 16.8. The Bertz CT molecular complexity index is 1590. The molecule has 2 bridgehead atoms. The molecule has 5 fully saturated rings. The molecular weight excluding hydrogens is 925 g/mol. The molecule has 21 heteroatoms. The van der Waals surface area contributed by atoms with E-state index in [0.29, 0.717) is 32.1 Å². The van der Waals surface area contributed by atoms with Gasteiger partial charge in [0.1, 0.15) is 61.0 Å². The topological polar surface area (TPSA) is 294 Å². The summed E-state index contributed by atoms with van der Waals surface area (Å²) in [5.74, 6) is -3.34. The fraction of sp³-hybridized carbons (Fsp3) is 0.939. The smallest absolute Gasteiger partial charge is 0.309 e. The van der Waals surface area contributed by atoms with E-state index in [4.69, 9.17) is 52.1 Å². The number of hydrogen-bond donors (Lipinski definition) is 7. The van der Waals surface area contributed by atoms with Gasteiger partial charge in [-0.15, -0.1) is 0 Å². The normalized spacial score (nSPS) is 42.5. The molecule has 0 radical (unpaired) electrons. The van der Waals surface area contributed by atoms with Gasteiger partial charge in [0.2, 0.25) is 0 Å². The van der Waals surface area contributed by atoms with Gasteiger partial charge < -0.3 is 87.9 Å². The highest BCUT2D eigenvalue weighted by Crippen LogP contribution is 2.38. The standard InChI is InChI=1S/C49H84O21/c1-9-11-17-20-29-21-18-15-13-12-14-16-19-22-31(51)65-42-39(68-46-37(57)36(56)38(27(7)61-46)66-44(58)24(3)4)28(8)62-49(43(42)67-45(59)25(5)10-2)70-41-35(55)33(53)30(23-50)64-48(41)69-40-34(54)32(52)26(6)60-47(40)63-29/h24-30,32-43,46-50,52-57H,9-23H2,1-8H3/t25-,26-,27-,28+,29+,30-,32-,33-,34+,35+,36-,37-,38-,39+,40-,41-,42-,43-,46+,47+,48+,49+/m1/s1. The molecule has 5 saturated heterocycles. The third-order valence-corrected chi connectivity index (χ3v) is 14.1. The van der Waals surface area contributed by atoms with Crippen molar-refractivity contribution in [3.05, 3.63) is 0 Å². The monoisotopic (exact) mass is 1010 g/mol. The van der Waals surface area contributed by atoms with E-state index in [9.17, 15) is 50.1 Å². The van der Waals surface area contributed by atoms with Gasteiger partial charge in [0.25, 0.3) is 0 Å². The first-order valence-corrected chi connectivity index (χ1v) is 25.8. The average Bonchev–Trinajstić information content (AvgIpc) is 3.32. The van der Waals surface area contributed by atoms with Crippen LogP contribution in [-0.2, 0) is 66.5 Å². The third kappa shape index (κ3) is 15.2. The van der Waals surface area contributed by atoms with Crippen LogP contribution in [0.1, 0.15) is 145 Å². The summed E-state index contributed by atoms with van der Waals surface area (Å²) in [6.07, 6.45) is -20.7. The molecule has 0 aromatic heterocycles. The van der Waals surface area contributed by atoms with Crippen molar-refractivity contribution in [2.75, 3.05) is 6.61 Å². The second kappa shape index (κ2) is 27.9. The van der Waals surface area contributed by atoms with Crippen LogP contribution in [0.3, 0.4) is 0 Å². The first kappa shape index (κ1) is 58.7. The maximum atomic E-state index is 13.9. The highest BCUT2D eigenvalue weighted by molar-refractivity contribution is 5.73. The maximum Gasteiger partial charge on any atom is 0.309 e. The van der Waals surface area contributed by atoms with E-state index < -0.39 is 159 Å². The molecule has 0 aromatic rings. The molecule has 5 heterocycles. The molecular formula is C49H84O21. The zero-order valence-electron chi connectivity index (χ0n) is 42.2. The molecule has 0 aliphatic carbocycles. The van der Waals surface area contributed by atoms with Gasteiger partial charge in [0.05, 0.1) is 42.9 Å². The van der Waals surface area contributed by atoms with Gasteiger partial charge in [0, 0.05) is 6.42 Å². The Morgan fingerprint density at radius 1 is 0.600 bits per heavy atom. The second-order valence-electron chi connectivity index (χ2n) is 20.1. The minimum absolute atomic E-state index is 0.0365. The quantitative estimate of drug-likeness (QED) is 0.0838. The van der Waals surface area contributed by atoms with Crippen molar-refractivity contribution in [2.24, 2.45) is 11.8 Å². The molecule has 21 nitrogen and oxygen atoms in total. The van der Waals surface area contributed by atoms with E-state index in [1.807, 2.05) is 0 Å². The summed E-state index contributed by atoms with van der Waals surface area (Å²) in [5.41, 5.74) is 0. The van der Waals surface area contributed by atoms with E-state index in [1.54, 1.807) is 34.6 Å². The Morgan fingerprint density at radius 2 is 1.19 bits per heavy atom. The third-order valence-electron chi connectivity index (χ3n) is 14.1. The fourth-order valence-corrected chi connectivity index (χ4v) is 9.36. The fourth-order valence-electron chi connectivity index (χ4n) is 9.36. The van der Waals surface area contributed by atoms with Crippen LogP contribution in [0, 0.1) is 11.8 Å². The van der Waals surface area contributed by atoms with Gasteiger partial charge in [-0.25, -0.2) is 0 Å². The van der Waals surface area contributed by atoms with Crippen LogP contribution >= 0.6 is 0 Å². The predicted molar refractivity (Wildman–Crippen MR) is 244 cm³/mol. The van der Waals surface area contributed by atoms with Gasteiger partial charge in [-0.1, -0.05) is 92.4 Å². The zero-order chi connectivity index (χ0) is 51.4. The van der Waals surface area contributed by atoms with E-state index >= 15 is 0 Å². The Morgan fingerprint density at radius 3 is 1.83 bits per heavy atom. The summed E-state index contributed by atoms with van der Waals surface area (Å²) in [6.45, 7) is 12.5. The first-order valence-electron chi connectivity index (χ1n) is 25.8. The molecule has 0 saturated carbocycles. The Hall–Kier alpha value is -2.19. The average molecular weight is 1010 g/mol. The van der Waals surface area contributed by atoms with Crippen molar-refractivity contribution in [1.29, 1.82) is 0 Å². The number of hydrogen-bond acceptors (Lipinski definition) is 21. The number of fused-ring (bicyclic) bond motifs is 4. The van der Waals surface area contributed by atoms with E-state index in [2.05, 4.69) is 6.92 Å².